The number of aryl methyl sites for hydroxylation is 2. The molecule has 1 aromatic rings. The molecule has 92 valence electrons. The largest absolute Gasteiger partial charge is 0.313 e. The van der Waals surface area contributed by atoms with Crippen LogP contribution in [0.25, 0.3) is 12.2 Å². The third kappa shape index (κ3) is 1.34. The van der Waals surface area contributed by atoms with Gasteiger partial charge in [-0.1, -0.05) is 5.57 Å². The van der Waals surface area contributed by atoms with Gasteiger partial charge in [0.25, 0.3) is 0 Å². The van der Waals surface area contributed by atoms with Crippen molar-refractivity contribution in [1.82, 2.24) is 15.3 Å². The summed E-state index contributed by atoms with van der Waals surface area (Å²) in [5.74, 6) is 1.30. The lowest BCUT2D eigenvalue weighted by molar-refractivity contribution is 0.431. The first kappa shape index (κ1) is 10.4. The maximum Gasteiger partial charge on any atom is 0.0890 e. The van der Waals surface area contributed by atoms with Gasteiger partial charge in [0.05, 0.1) is 22.1 Å². The number of hydrogen-bond donors (Lipinski definition) is 1. The van der Waals surface area contributed by atoms with E-state index < -0.39 is 0 Å². The highest BCUT2D eigenvalue weighted by Crippen LogP contribution is 2.41. The van der Waals surface area contributed by atoms with Crippen LogP contribution in [0.15, 0.2) is 11.1 Å². The fourth-order valence-electron chi connectivity index (χ4n) is 3.44. The number of nitrogens with zero attached hydrogens (tertiary/aromatic N) is 2. The van der Waals surface area contributed by atoms with Gasteiger partial charge >= 0.3 is 0 Å². The van der Waals surface area contributed by atoms with Gasteiger partial charge in [0.1, 0.15) is 0 Å². The quantitative estimate of drug-likeness (QED) is 0.703. The maximum absolute atomic E-state index is 4.70. The van der Waals surface area contributed by atoms with Crippen LogP contribution in [0.3, 0.4) is 0 Å². The Morgan fingerprint density at radius 1 is 1.17 bits per heavy atom. The molecule has 18 heavy (non-hydrogen) atoms. The number of allylic oxidation sites excluding steroid dienone is 1. The third-order valence-electron chi connectivity index (χ3n) is 4.52. The van der Waals surface area contributed by atoms with Crippen LogP contribution in [0.1, 0.15) is 17.8 Å². The molecule has 1 aromatic heterocycles. The fraction of sp³-hybridized carbons (Fsp3) is 0.467. The molecule has 0 radical (unpaired) electrons. The summed E-state index contributed by atoms with van der Waals surface area (Å²) in [5.41, 5.74) is 5.18. The van der Waals surface area contributed by atoms with E-state index in [0.717, 1.165) is 41.1 Å². The van der Waals surface area contributed by atoms with Crippen LogP contribution in [-0.2, 0) is 0 Å². The van der Waals surface area contributed by atoms with E-state index in [2.05, 4.69) is 22.5 Å². The fourth-order valence-corrected chi connectivity index (χ4v) is 3.44. The monoisotopic (exact) mass is 239 g/mol. The zero-order valence-electron chi connectivity index (χ0n) is 10.8. The highest BCUT2D eigenvalue weighted by molar-refractivity contribution is 5.62. The molecule has 3 nitrogen and oxygen atoms in total. The average molecular weight is 239 g/mol. The summed E-state index contributed by atoms with van der Waals surface area (Å²) in [7, 11) is 0. The Morgan fingerprint density at radius 2 is 1.94 bits per heavy atom. The average Bonchev–Trinajstić information content (AvgIpc) is 2.61. The Bertz CT molecular complexity index is 684. The van der Waals surface area contributed by atoms with Gasteiger partial charge in [0, 0.05) is 12.5 Å². The highest BCUT2D eigenvalue weighted by Gasteiger charge is 2.35. The topological polar surface area (TPSA) is 37.8 Å². The lowest BCUT2D eigenvalue weighted by Crippen LogP contribution is -2.38. The first-order chi connectivity index (χ1) is 8.72. The molecule has 2 heterocycles. The summed E-state index contributed by atoms with van der Waals surface area (Å²) in [6.45, 7) is 6.27. The maximum atomic E-state index is 4.70. The number of aromatic nitrogens is 2. The van der Waals surface area contributed by atoms with Gasteiger partial charge in [-0.25, -0.2) is 9.97 Å². The number of fused-ring (bicyclic) bond motifs is 5. The van der Waals surface area contributed by atoms with Crippen molar-refractivity contribution < 1.29 is 0 Å². The van der Waals surface area contributed by atoms with Crippen molar-refractivity contribution in [3.8, 4) is 0 Å². The smallest absolute Gasteiger partial charge is 0.0890 e. The van der Waals surface area contributed by atoms with Gasteiger partial charge in [-0.2, -0.15) is 0 Å². The van der Waals surface area contributed by atoms with Crippen molar-refractivity contribution in [3.63, 3.8) is 0 Å². The molecule has 2 unspecified atom stereocenters. The van der Waals surface area contributed by atoms with Crippen LogP contribution in [0.5, 0.6) is 0 Å². The zero-order valence-corrected chi connectivity index (χ0v) is 10.8. The molecule has 1 N–H and O–H groups in total. The summed E-state index contributed by atoms with van der Waals surface area (Å²) in [5, 5.41) is 5.66. The first-order valence-corrected chi connectivity index (χ1v) is 6.70. The van der Waals surface area contributed by atoms with Crippen LogP contribution in [0.2, 0.25) is 0 Å². The Balaban J connectivity index is 1.99. The Kier molecular flexibility index (Phi) is 2.04. The molecule has 0 aromatic carbocycles. The Morgan fingerprint density at radius 3 is 2.78 bits per heavy atom. The summed E-state index contributed by atoms with van der Waals surface area (Å²) >= 11 is 0. The molecule has 3 aliphatic rings. The predicted molar refractivity (Wildman–Crippen MR) is 71.2 cm³/mol. The lowest BCUT2D eigenvalue weighted by atomic mass is 9.88. The molecule has 1 aliphatic heterocycles. The number of piperidine rings is 1. The second-order valence-electron chi connectivity index (χ2n) is 5.66. The number of rotatable bonds is 0. The van der Waals surface area contributed by atoms with Crippen molar-refractivity contribution in [3.05, 3.63) is 33.2 Å². The van der Waals surface area contributed by atoms with Crippen LogP contribution < -0.4 is 16.0 Å². The Hall–Kier alpha value is -1.48. The Labute approximate surface area is 106 Å². The van der Waals surface area contributed by atoms with Crippen LogP contribution in [0.4, 0.5) is 0 Å². The van der Waals surface area contributed by atoms with Gasteiger partial charge in [0.15, 0.2) is 0 Å². The molecule has 0 saturated carbocycles. The van der Waals surface area contributed by atoms with E-state index in [1.54, 1.807) is 5.57 Å². The summed E-state index contributed by atoms with van der Waals surface area (Å²) in [6, 6.07) is 0. The molecular weight excluding hydrogens is 222 g/mol. The van der Waals surface area contributed by atoms with E-state index >= 15 is 0 Å². The van der Waals surface area contributed by atoms with E-state index in [0.29, 0.717) is 5.92 Å². The molecular formula is C15H17N3. The molecule has 0 spiro atoms. The third-order valence-corrected chi connectivity index (χ3v) is 4.52. The molecule has 2 aliphatic carbocycles. The van der Waals surface area contributed by atoms with Gasteiger partial charge < -0.3 is 5.32 Å². The number of hydrogen-bond acceptors (Lipinski definition) is 3. The predicted octanol–water partition coefficient (Wildman–Crippen LogP) is 0.204. The molecule has 3 heteroatoms. The lowest BCUT2D eigenvalue weighted by Gasteiger charge is -2.21. The first-order valence-electron chi connectivity index (χ1n) is 6.70. The summed E-state index contributed by atoms with van der Waals surface area (Å²) < 4.78 is 0. The minimum Gasteiger partial charge on any atom is -0.313 e. The molecule has 1 saturated heterocycles. The van der Waals surface area contributed by atoms with E-state index in [4.69, 9.17) is 4.98 Å². The SMILES string of the molecule is Cc1nc2c(nc1C)=CC1C(=C3CNCC1C3)C=2. The standard InChI is InChI=1S/C15H17N3/c1-8-9(2)18-15-5-13-11-3-10(6-16-7-11)12(13)4-14(15)17-8/h4-5,10,12,16H,3,6-7H2,1-2H3. The van der Waals surface area contributed by atoms with Gasteiger partial charge in [-0.3, -0.25) is 0 Å². The summed E-state index contributed by atoms with van der Waals surface area (Å²) in [6.07, 6.45) is 5.88. The second kappa shape index (κ2) is 3.51. The van der Waals surface area contributed by atoms with Crippen molar-refractivity contribution in [2.45, 2.75) is 20.3 Å². The minimum atomic E-state index is 0.568. The van der Waals surface area contributed by atoms with E-state index in [9.17, 15) is 0 Å². The van der Waals surface area contributed by atoms with Crippen molar-refractivity contribution in [2.24, 2.45) is 11.8 Å². The molecule has 2 atom stereocenters. The van der Waals surface area contributed by atoms with Crippen molar-refractivity contribution >= 4 is 12.2 Å². The summed E-state index contributed by atoms with van der Waals surface area (Å²) in [4.78, 5) is 9.38. The van der Waals surface area contributed by atoms with Crippen molar-refractivity contribution in [2.75, 3.05) is 13.1 Å². The normalized spacial score (nSPS) is 28.3. The second-order valence-corrected chi connectivity index (χ2v) is 5.66. The van der Waals surface area contributed by atoms with Crippen LogP contribution in [0, 0.1) is 25.7 Å². The van der Waals surface area contributed by atoms with Crippen LogP contribution in [-0.4, -0.2) is 23.1 Å². The molecule has 1 fully saturated rings. The van der Waals surface area contributed by atoms with E-state index in [1.165, 1.54) is 12.0 Å². The van der Waals surface area contributed by atoms with Gasteiger partial charge in [-0.15, -0.1) is 0 Å². The van der Waals surface area contributed by atoms with Gasteiger partial charge in [-0.05, 0) is 50.5 Å². The van der Waals surface area contributed by atoms with Crippen molar-refractivity contribution in [1.29, 1.82) is 0 Å². The molecule has 4 rings (SSSR count). The van der Waals surface area contributed by atoms with E-state index in [-0.39, 0.29) is 0 Å². The molecule has 2 bridgehead atoms. The zero-order chi connectivity index (χ0) is 12.3. The molecule has 0 amide bonds. The highest BCUT2D eigenvalue weighted by atomic mass is 14.9. The van der Waals surface area contributed by atoms with Crippen LogP contribution >= 0.6 is 0 Å². The van der Waals surface area contributed by atoms with Gasteiger partial charge in [0.2, 0.25) is 0 Å². The van der Waals surface area contributed by atoms with E-state index in [1.807, 2.05) is 13.8 Å². The number of nitrogens with one attached hydrogen (secondary N) is 1. The minimum absolute atomic E-state index is 0.568.